The number of ether oxygens (including phenoxy) is 2. The van der Waals surface area contributed by atoms with E-state index in [9.17, 15) is 30.6 Å². The van der Waals surface area contributed by atoms with Crippen LogP contribution in [0.15, 0.2) is 42.5 Å². The molecule has 0 aliphatic carbocycles. The molecule has 0 saturated carbocycles. The van der Waals surface area contributed by atoms with Crippen molar-refractivity contribution >= 4 is 12.2 Å². The van der Waals surface area contributed by atoms with Crippen LogP contribution in [0.1, 0.15) is 11.1 Å². The van der Waals surface area contributed by atoms with Gasteiger partial charge in [0, 0.05) is 6.07 Å². The highest BCUT2D eigenvalue weighted by Crippen LogP contribution is 2.23. The van der Waals surface area contributed by atoms with Crippen molar-refractivity contribution in [2.75, 3.05) is 6.61 Å². The molecule has 8 nitrogen and oxygen atoms in total. The van der Waals surface area contributed by atoms with E-state index in [4.69, 9.17) is 9.47 Å². The van der Waals surface area contributed by atoms with Crippen LogP contribution in [0.25, 0.3) is 12.2 Å². The summed E-state index contributed by atoms with van der Waals surface area (Å²) < 4.78 is 10.6. The highest BCUT2D eigenvalue weighted by Gasteiger charge is 2.43. The topological polar surface area (TPSA) is 140 Å². The highest BCUT2D eigenvalue weighted by atomic mass is 16.6. The Morgan fingerprint density at radius 3 is 2.04 bits per heavy atom. The van der Waals surface area contributed by atoms with Crippen LogP contribution in [0.5, 0.6) is 17.2 Å². The predicted molar refractivity (Wildman–Crippen MR) is 99.5 cm³/mol. The van der Waals surface area contributed by atoms with E-state index in [1.165, 1.54) is 18.2 Å². The van der Waals surface area contributed by atoms with Gasteiger partial charge in [-0.3, -0.25) is 0 Å². The van der Waals surface area contributed by atoms with Gasteiger partial charge in [-0.2, -0.15) is 0 Å². The average molecular weight is 390 g/mol. The van der Waals surface area contributed by atoms with Gasteiger partial charge in [0.1, 0.15) is 48.3 Å². The molecule has 28 heavy (non-hydrogen) atoms. The third kappa shape index (κ3) is 4.80. The van der Waals surface area contributed by atoms with Gasteiger partial charge in [0.25, 0.3) is 0 Å². The van der Waals surface area contributed by atoms with Gasteiger partial charge in [0.2, 0.25) is 0 Å². The molecular formula is C20H22O8. The Morgan fingerprint density at radius 2 is 1.39 bits per heavy atom. The second kappa shape index (κ2) is 8.59. The summed E-state index contributed by atoms with van der Waals surface area (Å²) in [5, 5.41) is 57.5. The van der Waals surface area contributed by atoms with Gasteiger partial charge in [0.05, 0.1) is 0 Å². The molecule has 1 heterocycles. The van der Waals surface area contributed by atoms with Crippen LogP contribution in [0, 0.1) is 0 Å². The standard InChI is InChI=1S/C20H22O8/c21-13-7-12(8-14(22)9-13)2-1-11-3-5-15(6-4-11)27-10-16-17(23)18(24)19(25)20(26)28-16/h1-9,16-26H,10H2/b2-1+/t16-,17-,18+,19-,20-/m1/s1. The first-order chi connectivity index (χ1) is 13.3. The summed E-state index contributed by atoms with van der Waals surface area (Å²) in [6.07, 6.45) is -3.56. The fraction of sp³-hybridized carbons (Fsp3) is 0.300. The van der Waals surface area contributed by atoms with Crippen molar-refractivity contribution in [3.8, 4) is 17.2 Å². The molecule has 150 valence electrons. The Balaban J connectivity index is 1.58. The third-order valence-electron chi connectivity index (χ3n) is 4.37. The number of benzene rings is 2. The van der Waals surface area contributed by atoms with Crippen molar-refractivity contribution in [1.29, 1.82) is 0 Å². The molecule has 3 rings (SSSR count). The molecule has 0 spiro atoms. The summed E-state index contributed by atoms with van der Waals surface area (Å²) in [6, 6.07) is 11.2. The Kier molecular flexibility index (Phi) is 6.18. The van der Waals surface area contributed by atoms with Gasteiger partial charge in [0.15, 0.2) is 6.29 Å². The lowest BCUT2D eigenvalue weighted by molar-refractivity contribution is -0.285. The average Bonchev–Trinajstić information content (AvgIpc) is 2.66. The first-order valence-electron chi connectivity index (χ1n) is 8.65. The maximum atomic E-state index is 9.89. The van der Waals surface area contributed by atoms with E-state index in [1.807, 2.05) is 0 Å². The number of phenolic OH excluding ortho intramolecular Hbond substituents is 2. The molecule has 8 heteroatoms. The zero-order valence-electron chi connectivity index (χ0n) is 14.8. The van der Waals surface area contributed by atoms with Gasteiger partial charge in [-0.25, -0.2) is 0 Å². The Hall–Kier alpha value is -2.62. The molecule has 2 aromatic carbocycles. The van der Waals surface area contributed by atoms with Crippen molar-refractivity contribution in [1.82, 2.24) is 0 Å². The van der Waals surface area contributed by atoms with E-state index in [1.54, 1.807) is 36.4 Å². The second-order valence-corrected chi connectivity index (χ2v) is 6.53. The van der Waals surface area contributed by atoms with Gasteiger partial charge in [-0.15, -0.1) is 0 Å². The fourth-order valence-corrected chi connectivity index (χ4v) is 2.83. The van der Waals surface area contributed by atoms with Crippen LogP contribution in [0.3, 0.4) is 0 Å². The molecule has 1 saturated heterocycles. The molecule has 0 unspecified atom stereocenters. The quantitative estimate of drug-likeness (QED) is 0.405. The molecule has 1 fully saturated rings. The zero-order chi connectivity index (χ0) is 20.3. The van der Waals surface area contributed by atoms with Crippen molar-refractivity contribution in [2.45, 2.75) is 30.7 Å². The van der Waals surface area contributed by atoms with Crippen LogP contribution in [0.4, 0.5) is 0 Å². The predicted octanol–water partition coefficient (Wildman–Crippen LogP) is 0.447. The maximum Gasteiger partial charge on any atom is 0.184 e. The molecule has 5 atom stereocenters. The summed E-state index contributed by atoms with van der Waals surface area (Å²) in [7, 11) is 0. The van der Waals surface area contributed by atoms with E-state index < -0.39 is 30.7 Å². The minimum atomic E-state index is -1.60. The third-order valence-corrected chi connectivity index (χ3v) is 4.37. The van der Waals surface area contributed by atoms with E-state index in [-0.39, 0.29) is 18.1 Å². The fourth-order valence-electron chi connectivity index (χ4n) is 2.83. The van der Waals surface area contributed by atoms with E-state index in [2.05, 4.69) is 0 Å². The van der Waals surface area contributed by atoms with Crippen LogP contribution in [0.2, 0.25) is 0 Å². The highest BCUT2D eigenvalue weighted by molar-refractivity contribution is 5.71. The lowest BCUT2D eigenvalue weighted by atomic mass is 9.99. The summed E-state index contributed by atoms with van der Waals surface area (Å²) in [5.41, 5.74) is 1.48. The smallest absolute Gasteiger partial charge is 0.184 e. The van der Waals surface area contributed by atoms with Gasteiger partial charge < -0.3 is 40.1 Å². The van der Waals surface area contributed by atoms with E-state index in [0.717, 1.165) is 5.56 Å². The summed E-state index contributed by atoms with van der Waals surface area (Å²) in [6.45, 7) is -0.125. The molecule has 0 bridgehead atoms. The zero-order valence-corrected chi connectivity index (χ0v) is 14.8. The second-order valence-electron chi connectivity index (χ2n) is 6.53. The first kappa shape index (κ1) is 20.1. The van der Waals surface area contributed by atoms with Crippen LogP contribution in [-0.4, -0.2) is 68.0 Å². The molecule has 6 N–H and O–H groups in total. The number of aromatic hydroxyl groups is 2. The van der Waals surface area contributed by atoms with Crippen LogP contribution >= 0.6 is 0 Å². The molecule has 0 aromatic heterocycles. The number of hydrogen-bond donors (Lipinski definition) is 6. The van der Waals surface area contributed by atoms with Crippen molar-refractivity contribution in [3.63, 3.8) is 0 Å². The monoisotopic (exact) mass is 390 g/mol. The largest absolute Gasteiger partial charge is 0.508 e. The van der Waals surface area contributed by atoms with Crippen LogP contribution < -0.4 is 4.74 Å². The molecule has 2 aromatic rings. The Morgan fingerprint density at radius 1 is 0.786 bits per heavy atom. The van der Waals surface area contributed by atoms with Gasteiger partial charge >= 0.3 is 0 Å². The number of phenols is 2. The van der Waals surface area contributed by atoms with Gasteiger partial charge in [-0.05, 0) is 35.4 Å². The first-order valence-corrected chi connectivity index (χ1v) is 8.65. The molecule has 1 aliphatic rings. The minimum absolute atomic E-state index is 0.0294. The van der Waals surface area contributed by atoms with E-state index >= 15 is 0 Å². The molecule has 0 amide bonds. The number of hydrogen-bond acceptors (Lipinski definition) is 8. The summed E-state index contributed by atoms with van der Waals surface area (Å²) >= 11 is 0. The summed E-state index contributed by atoms with van der Waals surface area (Å²) in [4.78, 5) is 0. The molecular weight excluding hydrogens is 368 g/mol. The Bertz CT molecular complexity index is 799. The lowest BCUT2D eigenvalue weighted by Gasteiger charge is -2.38. The van der Waals surface area contributed by atoms with Crippen molar-refractivity contribution < 1.29 is 40.1 Å². The lowest BCUT2D eigenvalue weighted by Crippen LogP contribution is -2.58. The van der Waals surface area contributed by atoms with Crippen molar-refractivity contribution in [2.24, 2.45) is 0 Å². The van der Waals surface area contributed by atoms with E-state index in [0.29, 0.717) is 11.3 Å². The number of aliphatic hydroxyl groups excluding tert-OH is 4. The summed E-state index contributed by atoms with van der Waals surface area (Å²) in [5.74, 6) is 0.426. The van der Waals surface area contributed by atoms with Crippen LogP contribution in [-0.2, 0) is 4.74 Å². The van der Waals surface area contributed by atoms with Crippen molar-refractivity contribution in [3.05, 3.63) is 53.6 Å². The SMILES string of the molecule is Oc1cc(O)cc(/C=C/c2ccc(OC[C@H]3O[C@@H](O)[C@H](O)[C@@H](O)[C@@H]3O)cc2)c1. The number of aliphatic hydroxyl groups is 4. The number of rotatable bonds is 5. The normalized spacial score (nSPS) is 27.8. The molecule has 0 radical (unpaired) electrons. The maximum absolute atomic E-state index is 9.89. The molecule has 1 aliphatic heterocycles. The van der Waals surface area contributed by atoms with Gasteiger partial charge in [-0.1, -0.05) is 24.3 Å². The minimum Gasteiger partial charge on any atom is -0.508 e. The Labute approximate surface area is 161 Å².